The smallest absolute Gasteiger partial charge is 0.228 e. The van der Waals surface area contributed by atoms with Crippen LogP contribution in [-0.4, -0.2) is 31.7 Å². The Morgan fingerprint density at radius 3 is 2.65 bits per heavy atom. The molecule has 0 spiro atoms. The molecule has 1 N–H and O–H groups in total. The van der Waals surface area contributed by atoms with Crippen LogP contribution in [0.3, 0.4) is 0 Å². The van der Waals surface area contributed by atoms with E-state index in [4.69, 9.17) is 0 Å². The highest BCUT2D eigenvalue weighted by molar-refractivity contribution is 7.88. The zero-order valence-electron chi connectivity index (χ0n) is 14.3. The van der Waals surface area contributed by atoms with Gasteiger partial charge in [-0.3, -0.25) is 4.79 Å². The molecule has 26 heavy (non-hydrogen) atoms. The van der Waals surface area contributed by atoms with Gasteiger partial charge in [-0.1, -0.05) is 36.4 Å². The van der Waals surface area contributed by atoms with Crippen molar-refractivity contribution in [2.24, 2.45) is 5.92 Å². The van der Waals surface area contributed by atoms with Crippen LogP contribution in [0.5, 0.6) is 0 Å². The van der Waals surface area contributed by atoms with Gasteiger partial charge in [-0.05, 0) is 36.6 Å². The number of hydrogen-bond donors (Lipinski definition) is 1. The van der Waals surface area contributed by atoms with Crippen LogP contribution in [-0.2, 0) is 20.6 Å². The Hall–Kier alpha value is -2.25. The predicted octanol–water partition coefficient (Wildman–Crippen LogP) is 3.01. The van der Waals surface area contributed by atoms with E-state index in [2.05, 4.69) is 5.32 Å². The Labute approximate surface area is 152 Å². The second-order valence-electron chi connectivity index (χ2n) is 6.44. The van der Waals surface area contributed by atoms with E-state index in [0.29, 0.717) is 25.1 Å². The molecular formula is C19H21FN2O3S. The number of rotatable bonds is 5. The largest absolute Gasteiger partial charge is 0.326 e. The molecule has 0 aromatic heterocycles. The van der Waals surface area contributed by atoms with Crippen LogP contribution < -0.4 is 5.32 Å². The summed E-state index contributed by atoms with van der Waals surface area (Å²) in [6, 6.07) is 14.6. The van der Waals surface area contributed by atoms with Gasteiger partial charge in [0.05, 0.1) is 11.7 Å². The summed E-state index contributed by atoms with van der Waals surface area (Å²) in [6.07, 6.45) is 1.23. The minimum Gasteiger partial charge on any atom is -0.326 e. The highest BCUT2D eigenvalue weighted by Gasteiger charge is 2.32. The maximum Gasteiger partial charge on any atom is 0.228 e. The van der Waals surface area contributed by atoms with E-state index in [1.807, 2.05) is 6.07 Å². The molecule has 7 heteroatoms. The maximum atomic E-state index is 13.2. The van der Waals surface area contributed by atoms with E-state index < -0.39 is 21.8 Å². The number of sulfonamides is 1. The third kappa shape index (κ3) is 4.68. The fraction of sp³-hybridized carbons (Fsp3) is 0.316. The number of carbonyl (C=O) groups is 1. The van der Waals surface area contributed by atoms with E-state index in [0.717, 1.165) is 5.56 Å². The van der Waals surface area contributed by atoms with Gasteiger partial charge < -0.3 is 5.32 Å². The molecule has 1 aliphatic heterocycles. The monoisotopic (exact) mass is 376 g/mol. The van der Waals surface area contributed by atoms with Crippen molar-refractivity contribution >= 4 is 21.6 Å². The normalized spacial score (nSPS) is 18.4. The molecule has 2 aromatic rings. The number of nitrogens with zero attached hydrogens (tertiary/aromatic N) is 1. The second-order valence-corrected chi connectivity index (χ2v) is 8.41. The molecule has 1 heterocycles. The molecule has 138 valence electrons. The maximum absolute atomic E-state index is 13.2. The highest BCUT2D eigenvalue weighted by Crippen LogP contribution is 2.23. The summed E-state index contributed by atoms with van der Waals surface area (Å²) in [4.78, 5) is 12.5. The van der Waals surface area contributed by atoms with Gasteiger partial charge in [-0.2, -0.15) is 0 Å². The van der Waals surface area contributed by atoms with E-state index in [1.54, 1.807) is 30.3 Å². The van der Waals surface area contributed by atoms with Gasteiger partial charge in [0.15, 0.2) is 0 Å². The number of benzene rings is 2. The van der Waals surface area contributed by atoms with Crippen LogP contribution >= 0.6 is 0 Å². The molecule has 5 nitrogen and oxygen atoms in total. The SMILES string of the molecule is O=C(Nc1cccc(F)c1)[C@H]1CCCN(S(=O)(=O)Cc2ccccc2)C1. The van der Waals surface area contributed by atoms with Gasteiger partial charge in [0.1, 0.15) is 5.82 Å². The fourth-order valence-corrected chi connectivity index (χ4v) is 4.71. The van der Waals surface area contributed by atoms with Crippen molar-refractivity contribution in [3.8, 4) is 0 Å². The molecule has 0 unspecified atom stereocenters. The van der Waals surface area contributed by atoms with E-state index in [-0.39, 0.29) is 18.2 Å². The number of amides is 1. The molecule has 0 bridgehead atoms. The molecule has 0 aliphatic carbocycles. The standard InChI is InChI=1S/C19H21FN2O3S/c20-17-9-4-10-18(12-17)21-19(23)16-8-5-11-22(13-16)26(24,25)14-15-6-2-1-3-7-15/h1-4,6-7,9-10,12,16H,5,8,11,13-14H2,(H,21,23)/t16-/m0/s1. The van der Waals surface area contributed by atoms with E-state index in [1.165, 1.54) is 22.5 Å². The Bertz CT molecular complexity index is 871. The molecule has 1 fully saturated rings. The van der Waals surface area contributed by atoms with Gasteiger partial charge in [-0.15, -0.1) is 0 Å². The molecule has 1 saturated heterocycles. The Balaban J connectivity index is 1.65. The molecule has 2 aromatic carbocycles. The van der Waals surface area contributed by atoms with Crippen molar-refractivity contribution in [3.63, 3.8) is 0 Å². The van der Waals surface area contributed by atoms with Crippen LogP contribution in [0.2, 0.25) is 0 Å². The number of anilines is 1. The third-order valence-corrected chi connectivity index (χ3v) is 6.25. The lowest BCUT2D eigenvalue weighted by Gasteiger charge is -2.31. The average Bonchev–Trinajstić information content (AvgIpc) is 2.62. The van der Waals surface area contributed by atoms with Crippen molar-refractivity contribution in [1.82, 2.24) is 4.31 Å². The lowest BCUT2D eigenvalue weighted by atomic mass is 9.99. The van der Waals surface area contributed by atoms with Gasteiger partial charge in [0, 0.05) is 18.8 Å². The van der Waals surface area contributed by atoms with Crippen molar-refractivity contribution in [1.29, 1.82) is 0 Å². The summed E-state index contributed by atoms with van der Waals surface area (Å²) in [7, 11) is -3.49. The van der Waals surface area contributed by atoms with E-state index in [9.17, 15) is 17.6 Å². The number of halogens is 1. The lowest BCUT2D eigenvalue weighted by molar-refractivity contribution is -0.120. The summed E-state index contributed by atoms with van der Waals surface area (Å²) in [5, 5.41) is 2.67. The zero-order valence-corrected chi connectivity index (χ0v) is 15.1. The summed E-state index contributed by atoms with van der Waals surface area (Å²) < 4.78 is 40.0. The topological polar surface area (TPSA) is 66.5 Å². The third-order valence-electron chi connectivity index (χ3n) is 4.43. The van der Waals surface area contributed by atoms with Crippen LogP contribution in [0.1, 0.15) is 18.4 Å². The molecule has 1 amide bonds. The Morgan fingerprint density at radius 2 is 1.92 bits per heavy atom. The van der Waals surface area contributed by atoms with Crippen LogP contribution in [0.25, 0.3) is 0 Å². The second kappa shape index (κ2) is 7.97. The quantitative estimate of drug-likeness (QED) is 0.872. The first-order chi connectivity index (χ1) is 12.4. The summed E-state index contributed by atoms with van der Waals surface area (Å²) in [5.74, 6) is -1.24. The fourth-order valence-electron chi connectivity index (χ4n) is 3.10. The summed E-state index contributed by atoms with van der Waals surface area (Å²) >= 11 is 0. The first kappa shape index (κ1) is 18.5. The van der Waals surface area contributed by atoms with Crippen LogP contribution in [0, 0.1) is 11.7 Å². The molecular weight excluding hydrogens is 355 g/mol. The van der Waals surface area contributed by atoms with Crippen LogP contribution in [0.4, 0.5) is 10.1 Å². The number of hydrogen-bond acceptors (Lipinski definition) is 3. The highest BCUT2D eigenvalue weighted by atomic mass is 32.2. The first-order valence-corrected chi connectivity index (χ1v) is 10.1. The van der Waals surface area contributed by atoms with Crippen molar-refractivity contribution in [3.05, 3.63) is 66.0 Å². The van der Waals surface area contributed by atoms with Gasteiger partial charge >= 0.3 is 0 Å². The summed E-state index contributed by atoms with van der Waals surface area (Å²) in [5.41, 5.74) is 1.10. The first-order valence-electron chi connectivity index (χ1n) is 8.52. The van der Waals surface area contributed by atoms with Gasteiger partial charge in [-0.25, -0.2) is 17.1 Å². The molecule has 0 radical (unpaired) electrons. The van der Waals surface area contributed by atoms with Gasteiger partial charge in [0.25, 0.3) is 0 Å². The molecule has 3 rings (SSSR count). The Kier molecular flexibility index (Phi) is 5.68. The van der Waals surface area contributed by atoms with Crippen LogP contribution in [0.15, 0.2) is 54.6 Å². The number of piperidine rings is 1. The average molecular weight is 376 g/mol. The van der Waals surface area contributed by atoms with E-state index >= 15 is 0 Å². The zero-order chi connectivity index (χ0) is 18.6. The Morgan fingerprint density at radius 1 is 1.15 bits per heavy atom. The minimum absolute atomic E-state index is 0.0773. The number of carbonyl (C=O) groups excluding carboxylic acids is 1. The van der Waals surface area contributed by atoms with Crippen molar-refractivity contribution in [2.75, 3.05) is 18.4 Å². The van der Waals surface area contributed by atoms with Crippen molar-refractivity contribution in [2.45, 2.75) is 18.6 Å². The molecule has 1 atom stereocenters. The van der Waals surface area contributed by atoms with Gasteiger partial charge in [0.2, 0.25) is 15.9 Å². The molecule has 0 saturated carbocycles. The lowest BCUT2D eigenvalue weighted by Crippen LogP contribution is -2.44. The van der Waals surface area contributed by atoms with Crippen molar-refractivity contribution < 1.29 is 17.6 Å². The number of nitrogens with one attached hydrogen (secondary N) is 1. The minimum atomic E-state index is -3.49. The summed E-state index contributed by atoms with van der Waals surface area (Å²) in [6.45, 7) is 0.565. The molecule has 1 aliphatic rings. The predicted molar refractivity (Wildman–Crippen MR) is 98.4 cm³/mol.